The molecule has 1 aromatic rings. The molecule has 0 spiro atoms. The fraction of sp³-hybridized carbons (Fsp3) is 0.182. The van der Waals surface area contributed by atoms with Crippen molar-refractivity contribution < 1.29 is 0 Å². The molecular weight excluding hydrogens is 146 g/mol. The van der Waals surface area contributed by atoms with Gasteiger partial charge < -0.3 is 0 Å². The molecule has 0 saturated heterocycles. The van der Waals surface area contributed by atoms with Crippen molar-refractivity contribution in [1.82, 2.24) is 4.98 Å². The molecule has 1 heteroatoms. The van der Waals surface area contributed by atoms with Gasteiger partial charge in [0.15, 0.2) is 0 Å². The van der Waals surface area contributed by atoms with Crippen LogP contribution in [0, 0.1) is 0 Å². The second-order valence-electron chi connectivity index (χ2n) is 2.55. The van der Waals surface area contributed by atoms with E-state index in [-0.39, 0.29) is 0 Å². The van der Waals surface area contributed by atoms with Crippen molar-refractivity contribution in [3.8, 4) is 0 Å². The third-order valence-electron chi connectivity index (χ3n) is 1.52. The molecule has 1 nitrogen and oxygen atoms in total. The summed E-state index contributed by atoms with van der Waals surface area (Å²) in [7, 11) is 0. The number of rotatable bonds is 3. The maximum absolute atomic E-state index is 4.39. The van der Waals surface area contributed by atoms with Gasteiger partial charge in [-0.05, 0) is 25.1 Å². The summed E-state index contributed by atoms with van der Waals surface area (Å²) >= 11 is 0. The molecule has 0 radical (unpaired) electrons. The van der Waals surface area contributed by atoms with Gasteiger partial charge in [-0.2, -0.15) is 0 Å². The van der Waals surface area contributed by atoms with Gasteiger partial charge in [-0.1, -0.05) is 18.2 Å². The molecule has 0 fully saturated rings. The molecule has 0 saturated carbocycles. The minimum Gasteiger partial charge on any atom is -0.253 e. The summed E-state index contributed by atoms with van der Waals surface area (Å²) < 4.78 is 0. The van der Waals surface area contributed by atoms with E-state index in [1.807, 2.05) is 43.4 Å². The number of hydrogen-bond acceptors (Lipinski definition) is 1. The molecular formula is C11H13N. The zero-order valence-corrected chi connectivity index (χ0v) is 7.33. The first-order valence-electron chi connectivity index (χ1n) is 4.06. The smallest absolute Gasteiger partial charge is 0.0629 e. The van der Waals surface area contributed by atoms with Crippen molar-refractivity contribution in [2.75, 3.05) is 0 Å². The van der Waals surface area contributed by atoms with Crippen molar-refractivity contribution in [3.63, 3.8) is 0 Å². The van der Waals surface area contributed by atoms with Gasteiger partial charge >= 0.3 is 0 Å². The van der Waals surface area contributed by atoms with Crippen molar-refractivity contribution in [2.24, 2.45) is 0 Å². The molecule has 0 aromatic carbocycles. The Hall–Kier alpha value is -1.37. The number of hydrogen-bond donors (Lipinski definition) is 0. The van der Waals surface area contributed by atoms with Crippen molar-refractivity contribution >= 4 is 6.08 Å². The molecule has 0 N–H and O–H groups in total. The zero-order valence-electron chi connectivity index (χ0n) is 7.33. The monoisotopic (exact) mass is 159 g/mol. The van der Waals surface area contributed by atoms with Crippen molar-refractivity contribution in [2.45, 2.75) is 13.3 Å². The fourth-order valence-corrected chi connectivity index (χ4v) is 1.02. The van der Waals surface area contributed by atoms with E-state index in [0.29, 0.717) is 0 Å². The normalized spacial score (nSPS) is 10.4. The van der Waals surface area contributed by atoms with Crippen LogP contribution in [0.4, 0.5) is 0 Å². The first kappa shape index (κ1) is 8.72. The third-order valence-corrected chi connectivity index (χ3v) is 1.52. The Morgan fingerprint density at radius 1 is 1.50 bits per heavy atom. The second kappa shape index (κ2) is 4.50. The molecule has 0 bridgehead atoms. The van der Waals surface area contributed by atoms with E-state index < -0.39 is 0 Å². The largest absolute Gasteiger partial charge is 0.253 e. The van der Waals surface area contributed by atoms with Crippen LogP contribution in [0.2, 0.25) is 0 Å². The van der Waals surface area contributed by atoms with E-state index in [1.54, 1.807) is 0 Å². The molecule has 0 amide bonds. The van der Waals surface area contributed by atoms with Crippen LogP contribution in [0.3, 0.4) is 0 Å². The van der Waals surface area contributed by atoms with Gasteiger partial charge in [-0.25, -0.2) is 0 Å². The highest BCUT2D eigenvalue weighted by Crippen LogP contribution is 2.02. The first-order chi connectivity index (χ1) is 5.86. The van der Waals surface area contributed by atoms with E-state index in [2.05, 4.69) is 11.6 Å². The lowest BCUT2D eigenvalue weighted by atomic mass is 10.2. The summed E-state index contributed by atoms with van der Waals surface area (Å²) in [4.78, 5) is 4.39. The van der Waals surface area contributed by atoms with Crippen LogP contribution in [-0.4, -0.2) is 4.98 Å². The van der Waals surface area contributed by atoms with Gasteiger partial charge in [-0.3, -0.25) is 4.98 Å². The first-order valence-corrected chi connectivity index (χ1v) is 4.06. The molecule has 1 aromatic heterocycles. The van der Waals surface area contributed by atoms with Crippen LogP contribution in [0.25, 0.3) is 6.08 Å². The Morgan fingerprint density at radius 2 is 2.33 bits per heavy atom. The van der Waals surface area contributed by atoms with E-state index in [0.717, 1.165) is 17.8 Å². The van der Waals surface area contributed by atoms with Crippen LogP contribution in [-0.2, 0) is 6.42 Å². The molecule has 0 unspecified atom stereocenters. The SMILES string of the molecule is C=CCc1cccc(/C=C/C)n1. The van der Waals surface area contributed by atoms with E-state index in [1.165, 1.54) is 0 Å². The molecule has 1 rings (SSSR count). The number of nitrogens with zero attached hydrogens (tertiary/aromatic N) is 1. The summed E-state index contributed by atoms with van der Waals surface area (Å²) in [6, 6.07) is 6.02. The Balaban J connectivity index is 2.87. The third kappa shape index (κ3) is 2.35. The number of aromatic nitrogens is 1. The Kier molecular flexibility index (Phi) is 3.27. The van der Waals surface area contributed by atoms with Gasteiger partial charge in [0.1, 0.15) is 0 Å². The maximum atomic E-state index is 4.39. The lowest BCUT2D eigenvalue weighted by molar-refractivity contribution is 1.10. The van der Waals surface area contributed by atoms with Crippen LogP contribution in [0.1, 0.15) is 18.3 Å². The van der Waals surface area contributed by atoms with E-state index >= 15 is 0 Å². The predicted octanol–water partition coefficient (Wildman–Crippen LogP) is 2.84. The van der Waals surface area contributed by atoms with Gasteiger partial charge in [0.25, 0.3) is 0 Å². The molecule has 1 heterocycles. The molecule has 0 aliphatic heterocycles. The summed E-state index contributed by atoms with van der Waals surface area (Å²) in [6.45, 7) is 5.66. The highest BCUT2D eigenvalue weighted by molar-refractivity contribution is 5.43. The minimum atomic E-state index is 0.839. The average Bonchev–Trinajstić information content (AvgIpc) is 2.06. The number of allylic oxidation sites excluding steroid dienone is 2. The Morgan fingerprint density at radius 3 is 3.00 bits per heavy atom. The fourth-order valence-electron chi connectivity index (χ4n) is 1.02. The second-order valence-corrected chi connectivity index (χ2v) is 2.55. The molecule has 0 aliphatic carbocycles. The lowest BCUT2D eigenvalue weighted by Gasteiger charge is -1.96. The molecule has 12 heavy (non-hydrogen) atoms. The molecule has 0 aliphatic rings. The highest BCUT2D eigenvalue weighted by atomic mass is 14.7. The minimum absolute atomic E-state index is 0.839. The lowest BCUT2D eigenvalue weighted by Crippen LogP contribution is -1.88. The van der Waals surface area contributed by atoms with Crippen LogP contribution in [0.5, 0.6) is 0 Å². The topological polar surface area (TPSA) is 12.9 Å². The van der Waals surface area contributed by atoms with Gasteiger partial charge in [0.2, 0.25) is 0 Å². The van der Waals surface area contributed by atoms with E-state index in [9.17, 15) is 0 Å². The molecule has 62 valence electrons. The maximum Gasteiger partial charge on any atom is 0.0629 e. The Labute approximate surface area is 73.5 Å². The van der Waals surface area contributed by atoms with Crippen molar-refractivity contribution in [1.29, 1.82) is 0 Å². The van der Waals surface area contributed by atoms with Gasteiger partial charge in [-0.15, -0.1) is 6.58 Å². The van der Waals surface area contributed by atoms with Crippen LogP contribution < -0.4 is 0 Å². The predicted molar refractivity (Wildman–Crippen MR) is 52.8 cm³/mol. The summed E-state index contributed by atoms with van der Waals surface area (Å²) in [5, 5.41) is 0. The summed E-state index contributed by atoms with van der Waals surface area (Å²) in [6.07, 6.45) is 6.68. The average molecular weight is 159 g/mol. The summed E-state index contributed by atoms with van der Waals surface area (Å²) in [5.41, 5.74) is 2.08. The van der Waals surface area contributed by atoms with E-state index in [4.69, 9.17) is 0 Å². The Bertz CT molecular complexity index is 287. The summed E-state index contributed by atoms with van der Waals surface area (Å²) in [5.74, 6) is 0. The zero-order chi connectivity index (χ0) is 8.81. The number of pyridine rings is 1. The van der Waals surface area contributed by atoms with Crippen molar-refractivity contribution in [3.05, 3.63) is 48.3 Å². The highest BCUT2D eigenvalue weighted by Gasteiger charge is 1.91. The molecule has 0 atom stereocenters. The standard InChI is InChI=1S/C11H13N/c1-3-6-10-8-5-9-11(12-10)7-4-2/h3-5,7-9H,1,6H2,2H3/b7-4+. The van der Waals surface area contributed by atoms with Gasteiger partial charge in [0.05, 0.1) is 5.69 Å². The quantitative estimate of drug-likeness (QED) is 0.618. The van der Waals surface area contributed by atoms with Crippen LogP contribution >= 0.6 is 0 Å². The van der Waals surface area contributed by atoms with Gasteiger partial charge in [0, 0.05) is 12.1 Å². The van der Waals surface area contributed by atoms with Crippen LogP contribution in [0.15, 0.2) is 36.9 Å².